The fourth-order valence-electron chi connectivity index (χ4n) is 3.03. The monoisotopic (exact) mass is 476 g/mol. The van der Waals surface area contributed by atoms with Crippen LogP contribution < -0.4 is 5.32 Å². The van der Waals surface area contributed by atoms with E-state index >= 15 is 0 Å². The van der Waals surface area contributed by atoms with E-state index in [0.29, 0.717) is 27.7 Å². The second-order valence-corrected chi connectivity index (χ2v) is 9.77. The van der Waals surface area contributed by atoms with Crippen molar-refractivity contribution in [2.45, 2.75) is 18.2 Å². The summed E-state index contributed by atoms with van der Waals surface area (Å²) in [5.41, 5.74) is 2.24. The Hall–Kier alpha value is -2.38. The van der Waals surface area contributed by atoms with Gasteiger partial charge in [-0.05, 0) is 60.9 Å². The molecule has 0 saturated heterocycles. The molecule has 0 aliphatic carbocycles. The summed E-state index contributed by atoms with van der Waals surface area (Å²) < 4.78 is 27.7. The molecule has 162 valence electrons. The summed E-state index contributed by atoms with van der Waals surface area (Å²) in [4.78, 5) is 12.8. The van der Waals surface area contributed by atoms with Crippen molar-refractivity contribution in [1.82, 2.24) is 4.31 Å². The number of nitrogens with zero attached hydrogens (tertiary/aromatic N) is 1. The van der Waals surface area contributed by atoms with Crippen molar-refractivity contribution in [2.75, 3.05) is 18.4 Å². The van der Waals surface area contributed by atoms with E-state index in [2.05, 4.69) is 5.32 Å². The van der Waals surface area contributed by atoms with Crippen LogP contribution in [0.25, 0.3) is 0 Å². The summed E-state index contributed by atoms with van der Waals surface area (Å²) in [7, 11) is -3.91. The van der Waals surface area contributed by atoms with Crippen LogP contribution in [0.1, 0.15) is 11.1 Å². The molecule has 0 fully saturated rings. The summed E-state index contributed by atoms with van der Waals surface area (Å²) in [5, 5.41) is 3.72. The van der Waals surface area contributed by atoms with Gasteiger partial charge in [0.2, 0.25) is 15.9 Å². The van der Waals surface area contributed by atoms with Crippen LogP contribution >= 0.6 is 23.2 Å². The van der Waals surface area contributed by atoms with Crippen molar-refractivity contribution in [3.8, 4) is 0 Å². The first-order chi connectivity index (χ1) is 14.8. The minimum atomic E-state index is -3.91. The van der Waals surface area contributed by atoms with Gasteiger partial charge in [-0.25, -0.2) is 8.42 Å². The second kappa shape index (κ2) is 10.3. The highest BCUT2D eigenvalue weighted by molar-refractivity contribution is 7.89. The smallest absolute Gasteiger partial charge is 0.243 e. The number of nitrogens with one attached hydrogen (secondary N) is 1. The topological polar surface area (TPSA) is 66.5 Å². The molecule has 1 N–H and O–H groups in total. The molecule has 0 aliphatic rings. The molecular weight excluding hydrogens is 455 g/mol. The van der Waals surface area contributed by atoms with Gasteiger partial charge in [0.15, 0.2) is 0 Å². The van der Waals surface area contributed by atoms with E-state index in [-0.39, 0.29) is 18.0 Å². The Balaban J connectivity index is 1.83. The predicted octanol–water partition coefficient (Wildman–Crippen LogP) is 5.17. The highest BCUT2D eigenvalue weighted by atomic mass is 35.5. The molecule has 1 amide bonds. The Bertz CT molecular complexity index is 1150. The maximum absolute atomic E-state index is 13.3. The Morgan fingerprint density at radius 3 is 2.29 bits per heavy atom. The predicted molar refractivity (Wildman–Crippen MR) is 125 cm³/mol. The van der Waals surface area contributed by atoms with E-state index in [4.69, 9.17) is 23.2 Å². The summed E-state index contributed by atoms with van der Waals surface area (Å²) in [5.74, 6) is -0.448. The van der Waals surface area contributed by atoms with Crippen LogP contribution in [-0.4, -0.2) is 31.7 Å². The van der Waals surface area contributed by atoms with Gasteiger partial charge in [0, 0.05) is 22.3 Å². The highest BCUT2D eigenvalue weighted by Gasteiger charge is 2.26. The van der Waals surface area contributed by atoms with Crippen LogP contribution in [0.3, 0.4) is 0 Å². The molecule has 31 heavy (non-hydrogen) atoms. The van der Waals surface area contributed by atoms with Crippen molar-refractivity contribution in [3.05, 3.63) is 94.0 Å². The van der Waals surface area contributed by atoms with Gasteiger partial charge in [-0.15, -0.1) is 0 Å². The zero-order chi connectivity index (χ0) is 22.4. The average Bonchev–Trinajstić information content (AvgIpc) is 2.75. The third-order valence-electron chi connectivity index (χ3n) is 4.81. The number of anilines is 1. The van der Waals surface area contributed by atoms with E-state index in [9.17, 15) is 13.2 Å². The number of halogens is 2. The standard InChI is InChI=1S/C23H22Cl2N2O3S/c1-17-21(25)8-5-9-22(17)26-23(28)16-27(15-14-18-6-3-2-4-7-18)31(29,30)20-12-10-19(24)11-13-20/h2-13H,14-16H2,1H3,(H,26,28). The fourth-order valence-corrected chi connectivity index (χ4v) is 4.73. The Morgan fingerprint density at radius 2 is 1.61 bits per heavy atom. The van der Waals surface area contributed by atoms with Crippen LogP contribution in [0.2, 0.25) is 10.0 Å². The molecule has 0 aromatic heterocycles. The van der Waals surface area contributed by atoms with E-state index in [1.54, 1.807) is 25.1 Å². The molecule has 3 aromatic rings. The number of rotatable bonds is 8. The molecule has 3 aromatic carbocycles. The largest absolute Gasteiger partial charge is 0.325 e. The van der Waals surface area contributed by atoms with E-state index in [1.165, 1.54) is 28.6 Å². The van der Waals surface area contributed by atoms with Gasteiger partial charge in [0.25, 0.3) is 0 Å². The first-order valence-electron chi connectivity index (χ1n) is 9.62. The molecule has 0 heterocycles. The number of amides is 1. The molecule has 0 atom stereocenters. The SMILES string of the molecule is Cc1c(Cl)cccc1NC(=O)CN(CCc1ccccc1)S(=O)(=O)c1ccc(Cl)cc1. The molecule has 5 nitrogen and oxygen atoms in total. The molecular formula is C23H22Cl2N2O3S. The first kappa shape index (κ1) is 23.3. The maximum Gasteiger partial charge on any atom is 0.243 e. The Kier molecular flexibility index (Phi) is 7.73. The highest BCUT2D eigenvalue weighted by Crippen LogP contribution is 2.23. The summed E-state index contributed by atoms with van der Waals surface area (Å²) in [6.07, 6.45) is 0.469. The lowest BCUT2D eigenvalue weighted by Gasteiger charge is -2.22. The van der Waals surface area contributed by atoms with E-state index in [1.807, 2.05) is 30.3 Å². The summed E-state index contributed by atoms with van der Waals surface area (Å²) in [6.45, 7) is 1.61. The Morgan fingerprint density at radius 1 is 0.935 bits per heavy atom. The molecule has 0 unspecified atom stereocenters. The van der Waals surface area contributed by atoms with Crippen LogP contribution in [0.5, 0.6) is 0 Å². The zero-order valence-corrected chi connectivity index (χ0v) is 19.2. The van der Waals surface area contributed by atoms with Crippen LogP contribution in [0.15, 0.2) is 77.7 Å². The van der Waals surface area contributed by atoms with E-state index < -0.39 is 15.9 Å². The number of benzene rings is 3. The van der Waals surface area contributed by atoms with Gasteiger partial charge < -0.3 is 5.32 Å². The minimum absolute atomic E-state index is 0.0803. The third-order valence-corrected chi connectivity index (χ3v) is 7.33. The third kappa shape index (κ3) is 6.08. The molecule has 0 aliphatic heterocycles. The number of carbonyl (C=O) groups is 1. The van der Waals surface area contributed by atoms with Gasteiger partial charge in [-0.3, -0.25) is 4.79 Å². The molecule has 3 rings (SSSR count). The van der Waals surface area contributed by atoms with Gasteiger partial charge in [-0.2, -0.15) is 4.31 Å². The van der Waals surface area contributed by atoms with Crippen LogP contribution in [0.4, 0.5) is 5.69 Å². The zero-order valence-electron chi connectivity index (χ0n) is 16.9. The normalized spacial score (nSPS) is 11.5. The Labute approximate surface area is 192 Å². The number of carbonyl (C=O) groups excluding carboxylic acids is 1. The number of sulfonamides is 1. The molecule has 0 radical (unpaired) electrons. The fraction of sp³-hybridized carbons (Fsp3) is 0.174. The minimum Gasteiger partial charge on any atom is -0.325 e. The molecule has 0 bridgehead atoms. The van der Waals surface area contributed by atoms with Crippen molar-refractivity contribution in [2.24, 2.45) is 0 Å². The lowest BCUT2D eigenvalue weighted by atomic mass is 10.1. The van der Waals surface area contributed by atoms with Crippen molar-refractivity contribution in [3.63, 3.8) is 0 Å². The van der Waals surface area contributed by atoms with Gasteiger partial charge in [0.05, 0.1) is 11.4 Å². The quantitative estimate of drug-likeness (QED) is 0.487. The van der Waals surface area contributed by atoms with Crippen LogP contribution in [-0.2, 0) is 21.2 Å². The number of hydrogen-bond acceptors (Lipinski definition) is 3. The van der Waals surface area contributed by atoms with Crippen molar-refractivity contribution in [1.29, 1.82) is 0 Å². The number of hydrogen-bond donors (Lipinski definition) is 1. The molecule has 0 saturated carbocycles. The summed E-state index contributed by atoms with van der Waals surface area (Å²) in [6, 6.07) is 20.6. The average molecular weight is 477 g/mol. The first-order valence-corrected chi connectivity index (χ1v) is 11.8. The second-order valence-electron chi connectivity index (χ2n) is 6.99. The van der Waals surface area contributed by atoms with E-state index in [0.717, 1.165) is 5.56 Å². The lowest BCUT2D eigenvalue weighted by Crippen LogP contribution is -2.39. The van der Waals surface area contributed by atoms with Gasteiger partial charge in [-0.1, -0.05) is 59.6 Å². The van der Waals surface area contributed by atoms with Crippen LogP contribution in [0, 0.1) is 6.92 Å². The van der Waals surface area contributed by atoms with Crippen molar-refractivity contribution < 1.29 is 13.2 Å². The van der Waals surface area contributed by atoms with Gasteiger partial charge >= 0.3 is 0 Å². The maximum atomic E-state index is 13.3. The van der Waals surface area contributed by atoms with Crippen molar-refractivity contribution >= 4 is 44.8 Å². The molecule has 8 heteroatoms. The molecule has 0 spiro atoms. The lowest BCUT2D eigenvalue weighted by molar-refractivity contribution is -0.116. The van der Waals surface area contributed by atoms with Gasteiger partial charge in [0.1, 0.15) is 0 Å². The summed E-state index contributed by atoms with van der Waals surface area (Å²) >= 11 is 12.0.